The third kappa shape index (κ3) is 2.58. The van der Waals surface area contributed by atoms with Crippen LogP contribution in [0.2, 0.25) is 0 Å². The van der Waals surface area contributed by atoms with Gasteiger partial charge in [-0.3, -0.25) is 14.6 Å². The highest BCUT2D eigenvalue weighted by atomic mass is 32.1. The van der Waals surface area contributed by atoms with E-state index in [9.17, 15) is 14.4 Å². The van der Waals surface area contributed by atoms with E-state index in [1.807, 2.05) is 17.5 Å². The van der Waals surface area contributed by atoms with Gasteiger partial charge in [0.1, 0.15) is 0 Å². The number of aromatic nitrogens is 1. The number of pyridine rings is 1. The van der Waals surface area contributed by atoms with Crippen LogP contribution in [0.3, 0.4) is 0 Å². The Kier molecular flexibility index (Phi) is 3.85. The maximum Gasteiger partial charge on any atom is 0.365 e. The zero-order chi connectivity index (χ0) is 18.3. The molecule has 1 aliphatic heterocycles. The molecular formula is C19H12N2O4S. The number of nitrogens with zero attached hydrogens (tertiary/aromatic N) is 2. The van der Waals surface area contributed by atoms with E-state index in [-0.39, 0.29) is 16.7 Å². The SMILES string of the molecule is Cc1nc(-c2cccs2)ccc1C(=O)ON1C(=O)c2ccccc2C1=O. The van der Waals surface area contributed by atoms with Gasteiger partial charge in [-0.05, 0) is 42.6 Å². The number of rotatable bonds is 3. The van der Waals surface area contributed by atoms with Crippen molar-refractivity contribution >= 4 is 29.1 Å². The molecule has 2 amide bonds. The van der Waals surface area contributed by atoms with Crippen molar-refractivity contribution in [2.45, 2.75) is 6.92 Å². The molecule has 128 valence electrons. The van der Waals surface area contributed by atoms with E-state index in [1.165, 1.54) is 12.1 Å². The van der Waals surface area contributed by atoms with E-state index >= 15 is 0 Å². The number of fused-ring (bicyclic) bond motifs is 1. The highest BCUT2D eigenvalue weighted by Gasteiger charge is 2.39. The molecule has 3 aromatic rings. The van der Waals surface area contributed by atoms with Gasteiger partial charge in [0.25, 0.3) is 11.8 Å². The van der Waals surface area contributed by atoms with Crippen LogP contribution >= 0.6 is 11.3 Å². The molecule has 0 saturated heterocycles. The lowest BCUT2D eigenvalue weighted by molar-refractivity contribution is -0.0585. The number of carbonyl (C=O) groups excluding carboxylic acids is 3. The Balaban J connectivity index is 1.58. The molecule has 26 heavy (non-hydrogen) atoms. The van der Waals surface area contributed by atoms with Crippen LogP contribution in [0.25, 0.3) is 10.6 Å². The molecule has 7 heteroatoms. The van der Waals surface area contributed by atoms with Gasteiger partial charge in [-0.25, -0.2) is 4.79 Å². The third-order valence-corrected chi connectivity index (χ3v) is 4.90. The average Bonchev–Trinajstić information content (AvgIpc) is 3.26. The molecule has 2 aromatic heterocycles. The molecule has 6 nitrogen and oxygen atoms in total. The summed E-state index contributed by atoms with van der Waals surface area (Å²) >= 11 is 1.54. The highest BCUT2D eigenvalue weighted by molar-refractivity contribution is 7.13. The number of hydroxylamine groups is 2. The molecule has 1 aromatic carbocycles. The third-order valence-electron chi connectivity index (χ3n) is 4.01. The summed E-state index contributed by atoms with van der Waals surface area (Å²) in [4.78, 5) is 47.5. The highest BCUT2D eigenvalue weighted by Crippen LogP contribution is 2.26. The van der Waals surface area contributed by atoms with Crippen molar-refractivity contribution in [2.75, 3.05) is 0 Å². The lowest BCUT2D eigenvalue weighted by Crippen LogP contribution is -2.33. The lowest BCUT2D eigenvalue weighted by atomic mass is 10.1. The minimum Gasteiger partial charge on any atom is -0.324 e. The van der Waals surface area contributed by atoms with Crippen LogP contribution in [0.15, 0.2) is 53.9 Å². The Bertz CT molecular complexity index is 1010. The van der Waals surface area contributed by atoms with E-state index in [4.69, 9.17) is 4.84 Å². The van der Waals surface area contributed by atoms with E-state index in [2.05, 4.69) is 4.98 Å². The summed E-state index contributed by atoms with van der Waals surface area (Å²) in [7, 11) is 0. The maximum atomic E-state index is 12.5. The van der Waals surface area contributed by atoms with Gasteiger partial charge in [0.15, 0.2) is 0 Å². The normalized spacial score (nSPS) is 13.0. The van der Waals surface area contributed by atoms with Crippen molar-refractivity contribution in [3.8, 4) is 10.6 Å². The number of hydrogen-bond acceptors (Lipinski definition) is 6. The largest absolute Gasteiger partial charge is 0.365 e. The van der Waals surface area contributed by atoms with E-state index < -0.39 is 17.8 Å². The first-order valence-corrected chi connectivity index (χ1v) is 8.66. The van der Waals surface area contributed by atoms with Gasteiger partial charge in [0.05, 0.1) is 33.0 Å². The Morgan fingerprint density at radius 1 is 1.00 bits per heavy atom. The van der Waals surface area contributed by atoms with Gasteiger partial charge >= 0.3 is 5.97 Å². The average molecular weight is 364 g/mol. The molecule has 1 aliphatic rings. The first-order valence-electron chi connectivity index (χ1n) is 7.78. The lowest BCUT2D eigenvalue weighted by Gasteiger charge is -2.13. The summed E-state index contributed by atoms with van der Waals surface area (Å²) in [5.41, 5.74) is 1.83. The molecule has 4 rings (SSSR count). The van der Waals surface area contributed by atoms with Crippen molar-refractivity contribution in [1.82, 2.24) is 10.0 Å². The summed E-state index contributed by atoms with van der Waals surface area (Å²) in [6.07, 6.45) is 0. The second-order valence-corrected chi connectivity index (χ2v) is 6.58. The minimum atomic E-state index is -0.803. The van der Waals surface area contributed by atoms with Crippen LogP contribution in [-0.4, -0.2) is 27.8 Å². The maximum absolute atomic E-state index is 12.5. The molecule has 0 unspecified atom stereocenters. The topological polar surface area (TPSA) is 76.6 Å². The molecule has 0 spiro atoms. The molecule has 3 heterocycles. The fourth-order valence-electron chi connectivity index (χ4n) is 2.72. The number of thiophene rings is 1. The van der Waals surface area contributed by atoms with Crippen molar-refractivity contribution < 1.29 is 19.2 Å². The van der Waals surface area contributed by atoms with Crippen LogP contribution in [0.4, 0.5) is 0 Å². The number of aryl methyl sites for hydroxylation is 1. The molecule has 0 bridgehead atoms. The fourth-order valence-corrected chi connectivity index (χ4v) is 3.42. The first-order chi connectivity index (χ1) is 12.6. The monoisotopic (exact) mass is 364 g/mol. The standard InChI is InChI=1S/C19H12N2O4S/c1-11-12(8-9-15(20-11)16-7-4-10-26-16)19(24)25-21-17(22)13-5-2-3-6-14(13)18(21)23/h2-10H,1H3. The molecule has 0 radical (unpaired) electrons. The first kappa shape index (κ1) is 16.2. The van der Waals surface area contributed by atoms with Crippen LogP contribution in [0.1, 0.15) is 36.8 Å². The Morgan fingerprint density at radius 3 is 2.27 bits per heavy atom. The number of imide groups is 1. The van der Waals surface area contributed by atoms with Crippen molar-refractivity contribution in [3.63, 3.8) is 0 Å². The molecule has 0 fully saturated rings. The number of amides is 2. The predicted molar refractivity (Wildman–Crippen MR) is 94.6 cm³/mol. The van der Waals surface area contributed by atoms with E-state index in [1.54, 1.807) is 42.5 Å². The van der Waals surface area contributed by atoms with Crippen molar-refractivity contribution in [2.24, 2.45) is 0 Å². The predicted octanol–water partition coefficient (Wildman–Crippen LogP) is 3.49. The van der Waals surface area contributed by atoms with Crippen LogP contribution in [0, 0.1) is 6.92 Å². The summed E-state index contributed by atoms with van der Waals surface area (Å²) in [5, 5.41) is 2.44. The Labute approximate surface area is 152 Å². The number of hydrogen-bond donors (Lipinski definition) is 0. The molecular weight excluding hydrogens is 352 g/mol. The van der Waals surface area contributed by atoms with Crippen LogP contribution in [-0.2, 0) is 4.84 Å². The van der Waals surface area contributed by atoms with Gasteiger partial charge in [-0.2, -0.15) is 0 Å². The van der Waals surface area contributed by atoms with Crippen molar-refractivity contribution in [1.29, 1.82) is 0 Å². The van der Waals surface area contributed by atoms with Gasteiger partial charge in [-0.1, -0.05) is 23.3 Å². The molecule has 0 atom stereocenters. The quantitative estimate of drug-likeness (QED) is 0.665. The zero-order valence-electron chi connectivity index (χ0n) is 13.6. The number of carbonyl (C=O) groups is 3. The second kappa shape index (κ2) is 6.20. The van der Waals surface area contributed by atoms with Crippen LogP contribution in [0.5, 0.6) is 0 Å². The summed E-state index contributed by atoms with van der Waals surface area (Å²) in [6, 6.07) is 13.5. The smallest absolute Gasteiger partial charge is 0.324 e. The Hall–Kier alpha value is -3.32. The minimum absolute atomic E-state index is 0.196. The second-order valence-electron chi connectivity index (χ2n) is 5.64. The van der Waals surface area contributed by atoms with Gasteiger partial charge in [0, 0.05) is 0 Å². The number of benzene rings is 1. The molecule has 0 saturated carbocycles. The van der Waals surface area contributed by atoms with E-state index in [0.29, 0.717) is 10.8 Å². The molecule has 0 N–H and O–H groups in total. The summed E-state index contributed by atoms with van der Waals surface area (Å²) < 4.78 is 0. The fraction of sp³-hybridized carbons (Fsp3) is 0.0526. The summed E-state index contributed by atoms with van der Waals surface area (Å²) in [5.74, 6) is -2.11. The molecule has 0 aliphatic carbocycles. The van der Waals surface area contributed by atoms with Gasteiger partial charge < -0.3 is 4.84 Å². The van der Waals surface area contributed by atoms with Crippen molar-refractivity contribution in [3.05, 3.63) is 76.3 Å². The van der Waals surface area contributed by atoms with E-state index in [0.717, 1.165) is 10.6 Å². The Morgan fingerprint density at radius 2 is 1.69 bits per heavy atom. The summed E-state index contributed by atoms with van der Waals surface area (Å²) in [6.45, 7) is 1.68. The van der Waals surface area contributed by atoms with Crippen LogP contribution < -0.4 is 0 Å². The van der Waals surface area contributed by atoms with Gasteiger partial charge in [0.2, 0.25) is 0 Å². The zero-order valence-corrected chi connectivity index (χ0v) is 14.4. The van der Waals surface area contributed by atoms with Gasteiger partial charge in [-0.15, -0.1) is 11.3 Å².